The number of hydrogen-bond donors (Lipinski definition) is 2. The molecular weight excluding hydrogens is 290 g/mol. The molecule has 5 nitrogen and oxygen atoms in total. The Morgan fingerprint density at radius 2 is 2.14 bits per heavy atom. The molecule has 1 fully saturated rings. The predicted molar refractivity (Wildman–Crippen MR) is 83.2 cm³/mol. The molecule has 21 heavy (non-hydrogen) atoms. The number of carbonyl (C=O) groups is 2. The van der Waals surface area contributed by atoms with Crippen LogP contribution >= 0.6 is 11.6 Å². The Hall–Kier alpha value is -1.59. The fourth-order valence-electron chi connectivity index (χ4n) is 2.27. The maximum Gasteiger partial charge on any atom is 0.227 e. The van der Waals surface area contributed by atoms with E-state index in [0.717, 1.165) is 0 Å². The SMILES string of the molecule is CC(C)(CN)NC(=O)C1CC(=O)N(c2ccccc2Cl)C1. The molecule has 0 radical (unpaired) electrons. The van der Waals surface area contributed by atoms with Gasteiger partial charge in [0, 0.05) is 25.0 Å². The van der Waals surface area contributed by atoms with Gasteiger partial charge in [0.15, 0.2) is 0 Å². The summed E-state index contributed by atoms with van der Waals surface area (Å²) in [5.74, 6) is -0.609. The van der Waals surface area contributed by atoms with Gasteiger partial charge in [-0.3, -0.25) is 9.59 Å². The smallest absolute Gasteiger partial charge is 0.227 e. The number of nitrogens with two attached hydrogens (primary N) is 1. The highest BCUT2D eigenvalue weighted by Crippen LogP contribution is 2.31. The van der Waals surface area contributed by atoms with Gasteiger partial charge in [-0.1, -0.05) is 23.7 Å². The van der Waals surface area contributed by atoms with Crippen LogP contribution in [0.4, 0.5) is 5.69 Å². The lowest BCUT2D eigenvalue weighted by Crippen LogP contribution is -2.51. The van der Waals surface area contributed by atoms with E-state index in [9.17, 15) is 9.59 Å². The van der Waals surface area contributed by atoms with E-state index in [4.69, 9.17) is 17.3 Å². The van der Waals surface area contributed by atoms with Gasteiger partial charge < -0.3 is 16.0 Å². The Balaban J connectivity index is 2.10. The largest absolute Gasteiger partial charge is 0.350 e. The summed E-state index contributed by atoms with van der Waals surface area (Å²) < 4.78 is 0. The van der Waals surface area contributed by atoms with E-state index in [1.807, 2.05) is 19.9 Å². The molecule has 6 heteroatoms. The Bertz CT molecular complexity index is 560. The second-order valence-corrected chi connectivity index (χ2v) is 6.34. The normalized spacial score (nSPS) is 19.0. The van der Waals surface area contributed by atoms with E-state index in [1.165, 1.54) is 0 Å². The summed E-state index contributed by atoms with van der Waals surface area (Å²) in [5, 5.41) is 3.39. The molecule has 2 amide bonds. The lowest BCUT2D eigenvalue weighted by Gasteiger charge is -2.26. The quantitative estimate of drug-likeness (QED) is 0.886. The van der Waals surface area contributed by atoms with Crippen LogP contribution in [-0.4, -0.2) is 30.4 Å². The minimum Gasteiger partial charge on any atom is -0.350 e. The molecule has 0 saturated carbocycles. The van der Waals surface area contributed by atoms with Crippen molar-refractivity contribution in [2.45, 2.75) is 25.8 Å². The van der Waals surface area contributed by atoms with E-state index in [2.05, 4.69) is 5.32 Å². The second kappa shape index (κ2) is 6.03. The van der Waals surface area contributed by atoms with Crippen molar-refractivity contribution in [2.75, 3.05) is 18.0 Å². The maximum absolute atomic E-state index is 12.2. The van der Waals surface area contributed by atoms with Crippen LogP contribution in [0.5, 0.6) is 0 Å². The van der Waals surface area contributed by atoms with Crippen molar-refractivity contribution < 1.29 is 9.59 Å². The summed E-state index contributed by atoms with van der Waals surface area (Å²) >= 11 is 6.11. The number of carbonyl (C=O) groups excluding carboxylic acids is 2. The fraction of sp³-hybridized carbons (Fsp3) is 0.467. The van der Waals surface area contributed by atoms with E-state index < -0.39 is 5.54 Å². The molecule has 1 saturated heterocycles. The number of amides is 2. The number of nitrogens with one attached hydrogen (secondary N) is 1. The minimum absolute atomic E-state index is 0.0891. The Morgan fingerprint density at radius 1 is 1.48 bits per heavy atom. The van der Waals surface area contributed by atoms with Crippen LogP contribution < -0.4 is 16.0 Å². The summed E-state index contributed by atoms with van der Waals surface area (Å²) in [4.78, 5) is 26.0. The molecule has 114 valence electrons. The molecule has 1 aromatic rings. The molecule has 0 spiro atoms. The topological polar surface area (TPSA) is 75.4 Å². The first-order valence-corrected chi connectivity index (χ1v) is 7.29. The van der Waals surface area contributed by atoms with Crippen LogP contribution in [-0.2, 0) is 9.59 Å². The Labute approximate surface area is 129 Å². The number of rotatable bonds is 4. The number of para-hydroxylation sites is 1. The molecule has 1 unspecified atom stereocenters. The van der Waals surface area contributed by atoms with E-state index >= 15 is 0 Å². The van der Waals surface area contributed by atoms with E-state index in [0.29, 0.717) is 23.8 Å². The van der Waals surface area contributed by atoms with Gasteiger partial charge in [-0.15, -0.1) is 0 Å². The third-order valence-electron chi connectivity index (χ3n) is 3.61. The fourth-order valence-corrected chi connectivity index (χ4v) is 2.51. The zero-order valence-electron chi connectivity index (χ0n) is 12.2. The highest BCUT2D eigenvalue weighted by Gasteiger charge is 2.37. The second-order valence-electron chi connectivity index (χ2n) is 5.93. The molecule has 0 aromatic heterocycles. The first-order chi connectivity index (χ1) is 9.84. The van der Waals surface area contributed by atoms with Crippen molar-refractivity contribution in [1.82, 2.24) is 5.32 Å². The number of halogens is 1. The van der Waals surface area contributed by atoms with Crippen molar-refractivity contribution in [3.8, 4) is 0 Å². The zero-order chi connectivity index (χ0) is 15.6. The summed E-state index contributed by atoms with van der Waals surface area (Å²) in [6.45, 7) is 4.39. The van der Waals surface area contributed by atoms with Gasteiger partial charge in [-0.25, -0.2) is 0 Å². The summed E-state index contributed by atoms with van der Waals surface area (Å²) in [7, 11) is 0. The molecule has 1 aromatic carbocycles. The van der Waals surface area contributed by atoms with Crippen LogP contribution in [0.2, 0.25) is 5.02 Å². The first kappa shape index (κ1) is 15.8. The summed E-state index contributed by atoms with van der Waals surface area (Å²) in [6, 6.07) is 7.14. The first-order valence-electron chi connectivity index (χ1n) is 6.91. The van der Waals surface area contributed by atoms with Gasteiger partial charge >= 0.3 is 0 Å². The Morgan fingerprint density at radius 3 is 2.76 bits per heavy atom. The highest BCUT2D eigenvalue weighted by atomic mass is 35.5. The van der Waals surface area contributed by atoms with Crippen LogP contribution in [0, 0.1) is 5.92 Å². The number of anilines is 1. The van der Waals surface area contributed by atoms with Gasteiger partial charge in [0.25, 0.3) is 0 Å². The molecule has 0 bridgehead atoms. The van der Waals surface area contributed by atoms with Gasteiger partial charge in [0.2, 0.25) is 11.8 Å². The van der Waals surface area contributed by atoms with Crippen molar-refractivity contribution in [1.29, 1.82) is 0 Å². The number of nitrogens with zero attached hydrogens (tertiary/aromatic N) is 1. The number of hydrogen-bond acceptors (Lipinski definition) is 3. The number of benzene rings is 1. The minimum atomic E-state index is -0.474. The van der Waals surface area contributed by atoms with Crippen molar-refractivity contribution >= 4 is 29.1 Å². The molecule has 2 rings (SSSR count). The van der Waals surface area contributed by atoms with Crippen molar-refractivity contribution in [2.24, 2.45) is 11.7 Å². The average molecular weight is 310 g/mol. The van der Waals surface area contributed by atoms with Crippen LogP contribution in [0.1, 0.15) is 20.3 Å². The summed E-state index contributed by atoms with van der Waals surface area (Å²) in [5.41, 5.74) is 5.79. The van der Waals surface area contributed by atoms with Crippen molar-refractivity contribution in [3.63, 3.8) is 0 Å². The third kappa shape index (κ3) is 3.54. The van der Waals surface area contributed by atoms with Gasteiger partial charge in [0.05, 0.1) is 16.6 Å². The van der Waals surface area contributed by atoms with Gasteiger partial charge in [-0.05, 0) is 26.0 Å². The lowest BCUT2D eigenvalue weighted by atomic mass is 10.0. The predicted octanol–water partition coefficient (Wildman–Crippen LogP) is 1.55. The van der Waals surface area contributed by atoms with Gasteiger partial charge in [0.1, 0.15) is 0 Å². The molecule has 3 N–H and O–H groups in total. The summed E-state index contributed by atoms with van der Waals surface area (Å²) in [6.07, 6.45) is 0.192. The molecule has 1 atom stereocenters. The highest BCUT2D eigenvalue weighted by molar-refractivity contribution is 6.33. The molecule has 1 aliphatic rings. The molecule has 1 heterocycles. The van der Waals surface area contributed by atoms with Gasteiger partial charge in [-0.2, -0.15) is 0 Å². The van der Waals surface area contributed by atoms with Crippen LogP contribution in [0.3, 0.4) is 0 Å². The van der Waals surface area contributed by atoms with Crippen LogP contribution in [0.15, 0.2) is 24.3 Å². The van der Waals surface area contributed by atoms with Crippen molar-refractivity contribution in [3.05, 3.63) is 29.3 Å². The average Bonchev–Trinajstić information content (AvgIpc) is 2.81. The monoisotopic (exact) mass is 309 g/mol. The molecule has 1 aliphatic heterocycles. The standard InChI is InChI=1S/C15H20ClN3O2/c1-15(2,9-17)18-14(21)10-7-13(20)19(8-10)12-6-4-3-5-11(12)16/h3-6,10H,7-9,17H2,1-2H3,(H,18,21). The van der Waals surface area contributed by atoms with E-state index in [1.54, 1.807) is 23.1 Å². The molecular formula is C15H20ClN3O2. The maximum atomic E-state index is 12.2. The Kier molecular flexibility index (Phi) is 4.54. The lowest BCUT2D eigenvalue weighted by molar-refractivity contribution is -0.127. The third-order valence-corrected chi connectivity index (χ3v) is 3.93. The van der Waals surface area contributed by atoms with E-state index in [-0.39, 0.29) is 24.2 Å². The molecule has 0 aliphatic carbocycles. The van der Waals surface area contributed by atoms with Crippen LogP contribution in [0.25, 0.3) is 0 Å². The zero-order valence-corrected chi connectivity index (χ0v) is 13.0.